The first-order valence-electron chi connectivity index (χ1n) is 6.52. The van der Waals surface area contributed by atoms with E-state index in [9.17, 15) is 13.2 Å². The number of benzene rings is 1. The highest BCUT2D eigenvalue weighted by atomic mass is 32.2. The Balaban J connectivity index is 2.21. The van der Waals surface area contributed by atoms with E-state index in [2.05, 4.69) is 5.43 Å². The third-order valence-electron chi connectivity index (χ3n) is 3.56. The van der Waals surface area contributed by atoms with Gasteiger partial charge >= 0.3 is 0 Å². The van der Waals surface area contributed by atoms with Crippen LogP contribution in [0, 0.1) is 12.8 Å². The van der Waals surface area contributed by atoms with Gasteiger partial charge in [0.1, 0.15) is 0 Å². The maximum Gasteiger partial charge on any atom is 0.243 e. The lowest BCUT2D eigenvalue weighted by atomic mass is 9.99. The average molecular weight is 297 g/mol. The second-order valence-corrected chi connectivity index (χ2v) is 6.96. The van der Waals surface area contributed by atoms with Crippen molar-refractivity contribution >= 4 is 15.9 Å². The van der Waals surface area contributed by atoms with Crippen LogP contribution in [0.2, 0.25) is 0 Å². The summed E-state index contributed by atoms with van der Waals surface area (Å²) in [6, 6.07) is 6.72. The quantitative estimate of drug-likeness (QED) is 0.479. The van der Waals surface area contributed by atoms with Gasteiger partial charge in [-0.1, -0.05) is 17.7 Å². The minimum atomic E-state index is -3.54. The van der Waals surface area contributed by atoms with E-state index in [0.29, 0.717) is 19.4 Å². The van der Waals surface area contributed by atoms with Crippen LogP contribution in [-0.2, 0) is 14.8 Å². The molecule has 0 radical (unpaired) electrons. The predicted octanol–water partition coefficient (Wildman–Crippen LogP) is 0.386. The van der Waals surface area contributed by atoms with Crippen molar-refractivity contribution in [1.82, 2.24) is 9.73 Å². The molecule has 1 aromatic carbocycles. The standard InChI is InChI=1S/C13H19N3O3S/c1-10-4-6-12(7-5-10)20(18,19)16-8-2-3-11(9-16)13(17)15-14/h4-7,11H,2-3,8-9,14H2,1H3,(H,15,17)/t11-/m0/s1. The normalized spacial score (nSPS) is 20.6. The topological polar surface area (TPSA) is 92.5 Å². The Kier molecular flexibility index (Phi) is 4.42. The highest BCUT2D eigenvalue weighted by Crippen LogP contribution is 2.23. The Morgan fingerprint density at radius 1 is 1.35 bits per heavy atom. The van der Waals surface area contributed by atoms with E-state index >= 15 is 0 Å². The third kappa shape index (κ3) is 3.00. The van der Waals surface area contributed by atoms with E-state index in [1.807, 2.05) is 6.92 Å². The maximum atomic E-state index is 12.5. The molecule has 0 bridgehead atoms. The number of carbonyl (C=O) groups is 1. The summed E-state index contributed by atoms with van der Waals surface area (Å²) in [5.41, 5.74) is 3.10. The number of hydrogen-bond donors (Lipinski definition) is 2. The summed E-state index contributed by atoms with van der Waals surface area (Å²) in [7, 11) is -3.54. The van der Waals surface area contributed by atoms with Gasteiger partial charge < -0.3 is 0 Å². The van der Waals surface area contributed by atoms with Crippen LogP contribution in [0.3, 0.4) is 0 Å². The molecular weight excluding hydrogens is 278 g/mol. The fourth-order valence-electron chi connectivity index (χ4n) is 2.35. The molecule has 1 aromatic rings. The molecule has 1 amide bonds. The van der Waals surface area contributed by atoms with E-state index in [-0.39, 0.29) is 23.3 Å². The first-order valence-corrected chi connectivity index (χ1v) is 7.96. The number of aryl methyl sites for hydroxylation is 1. The van der Waals surface area contributed by atoms with Crippen LogP contribution >= 0.6 is 0 Å². The van der Waals surface area contributed by atoms with Gasteiger partial charge in [-0.15, -0.1) is 0 Å². The van der Waals surface area contributed by atoms with E-state index in [1.165, 1.54) is 4.31 Å². The van der Waals surface area contributed by atoms with Crippen LogP contribution < -0.4 is 11.3 Å². The van der Waals surface area contributed by atoms with Crippen molar-refractivity contribution in [2.45, 2.75) is 24.7 Å². The molecular formula is C13H19N3O3S. The van der Waals surface area contributed by atoms with E-state index < -0.39 is 10.0 Å². The third-order valence-corrected chi connectivity index (χ3v) is 5.44. The number of hydrogen-bond acceptors (Lipinski definition) is 4. The van der Waals surface area contributed by atoms with E-state index in [1.54, 1.807) is 24.3 Å². The Labute approximate surface area is 119 Å². The lowest BCUT2D eigenvalue weighted by molar-refractivity contribution is -0.126. The van der Waals surface area contributed by atoms with Crippen molar-refractivity contribution in [3.63, 3.8) is 0 Å². The Bertz CT molecular complexity index is 583. The molecule has 0 spiro atoms. The molecule has 1 fully saturated rings. The van der Waals surface area contributed by atoms with Crippen molar-refractivity contribution in [3.05, 3.63) is 29.8 Å². The second kappa shape index (κ2) is 5.90. The van der Waals surface area contributed by atoms with Gasteiger partial charge in [0.15, 0.2) is 0 Å². The van der Waals surface area contributed by atoms with Gasteiger partial charge in [0.2, 0.25) is 15.9 Å². The first kappa shape index (κ1) is 15.0. The van der Waals surface area contributed by atoms with Gasteiger partial charge in [-0.05, 0) is 31.9 Å². The second-order valence-electron chi connectivity index (χ2n) is 5.02. The van der Waals surface area contributed by atoms with Crippen molar-refractivity contribution in [3.8, 4) is 0 Å². The van der Waals surface area contributed by atoms with Gasteiger partial charge in [-0.2, -0.15) is 4.31 Å². The molecule has 110 valence electrons. The van der Waals surface area contributed by atoms with Gasteiger partial charge in [0.25, 0.3) is 0 Å². The molecule has 0 aromatic heterocycles. The summed E-state index contributed by atoms with van der Waals surface area (Å²) in [6.45, 7) is 2.52. The van der Waals surface area contributed by atoms with Crippen molar-refractivity contribution < 1.29 is 13.2 Å². The highest BCUT2D eigenvalue weighted by molar-refractivity contribution is 7.89. The molecule has 3 N–H and O–H groups in total. The van der Waals surface area contributed by atoms with Gasteiger partial charge in [0.05, 0.1) is 10.8 Å². The minimum Gasteiger partial charge on any atom is -0.294 e. The molecule has 1 aliphatic heterocycles. The van der Waals surface area contributed by atoms with Gasteiger partial charge in [-0.25, -0.2) is 14.3 Å². The number of carbonyl (C=O) groups excluding carboxylic acids is 1. The number of nitrogens with one attached hydrogen (secondary N) is 1. The summed E-state index contributed by atoms with van der Waals surface area (Å²) >= 11 is 0. The van der Waals surface area contributed by atoms with Crippen LogP contribution in [0.1, 0.15) is 18.4 Å². The molecule has 1 atom stereocenters. The van der Waals surface area contributed by atoms with E-state index in [0.717, 1.165) is 5.56 Å². The molecule has 7 heteroatoms. The number of nitrogens with zero attached hydrogens (tertiary/aromatic N) is 1. The minimum absolute atomic E-state index is 0.180. The zero-order valence-electron chi connectivity index (χ0n) is 11.4. The molecule has 6 nitrogen and oxygen atoms in total. The van der Waals surface area contributed by atoms with Crippen molar-refractivity contribution in [2.24, 2.45) is 11.8 Å². The first-order chi connectivity index (χ1) is 9.45. The molecule has 1 heterocycles. The van der Waals surface area contributed by atoms with Crippen molar-refractivity contribution in [2.75, 3.05) is 13.1 Å². The Morgan fingerprint density at radius 3 is 2.60 bits per heavy atom. The molecule has 20 heavy (non-hydrogen) atoms. The maximum absolute atomic E-state index is 12.5. The number of hydrazine groups is 1. The molecule has 2 rings (SSSR count). The average Bonchev–Trinajstić information content (AvgIpc) is 2.47. The molecule has 1 saturated heterocycles. The van der Waals surface area contributed by atoms with Crippen LogP contribution in [0.25, 0.3) is 0 Å². The fourth-order valence-corrected chi connectivity index (χ4v) is 3.88. The van der Waals surface area contributed by atoms with Gasteiger partial charge in [-0.3, -0.25) is 10.2 Å². The SMILES string of the molecule is Cc1ccc(S(=O)(=O)N2CCC[C@H](C(=O)NN)C2)cc1. The predicted molar refractivity (Wildman–Crippen MR) is 75.0 cm³/mol. The number of nitrogens with two attached hydrogens (primary N) is 1. The number of rotatable bonds is 3. The van der Waals surface area contributed by atoms with Crippen LogP contribution in [-0.4, -0.2) is 31.7 Å². The lowest BCUT2D eigenvalue weighted by Gasteiger charge is -2.30. The fraction of sp³-hybridized carbons (Fsp3) is 0.462. The largest absolute Gasteiger partial charge is 0.294 e. The van der Waals surface area contributed by atoms with Gasteiger partial charge in [0, 0.05) is 13.1 Å². The lowest BCUT2D eigenvalue weighted by Crippen LogP contribution is -2.46. The smallest absolute Gasteiger partial charge is 0.243 e. The molecule has 0 saturated carbocycles. The molecule has 0 aliphatic carbocycles. The number of sulfonamides is 1. The van der Waals surface area contributed by atoms with Crippen LogP contribution in [0.15, 0.2) is 29.2 Å². The Morgan fingerprint density at radius 2 is 2.00 bits per heavy atom. The Hall–Kier alpha value is -1.44. The zero-order valence-corrected chi connectivity index (χ0v) is 12.2. The summed E-state index contributed by atoms with van der Waals surface area (Å²) in [5.74, 6) is 4.43. The number of piperidine rings is 1. The summed E-state index contributed by atoms with van der Waals surface area (Å²) < 4.78 is 26.4. The molecule has 1 aliphatic rings. The molecule has 0 unspecified atom stereocenters. The summed E-state index contributed by atoms with van der Waals surface area (Å²) in [6.07, 6.45) is 1.31. The monoisotopic (exact) mass is 297 g/mol. The zero-order chi connectivity index (χ0) is 14.8. The van der Waals surface area contributed by atoms with Crippen LogP contribution in [0.4, 0.5) is 0 Å². The van der Waals surface area contributed by atoms with E-state index in [4.69, 9.17) is 5.84 Å². The summed E-state index contributed by atoms with van der Waals surface area (Å²) in [4.78, 5) is 11.8. The summed E-state index contributed by atoms with van der Waals surface area (Å²) in [5, 5.41) is 0. The highest BCUT2D eigenvalue weighted by Gasteiger charge is 2.32. The number of amides is 1. The van der Waals surface area contributed by atoms with Crippen LogP contribution in [0.5, 0.6) is 0 Å². The van der Waals surface area contributed by atoms with Crippen molar-refractivity contribution in [1.29, 1.82) is 0 Å².